The van der Waals surface area contributed by atoms with Gasteiger partial charge in [-0.1, -0.05) is 13.3 Å². The summed E-state index contributed by atoms with van der Waals surface area (Å²) < 4.78 is 10.5. The van der Waals surface area contributed by atoms with E-state index in [2.05, 4.69) is 0 Å². The summed E-state index contributed by atoms with van der Waals surface area (Å²) >= 11 is 0. The number of aliphatic hydroxyl groups excluding tert-OH is 2. The number of hydrogen-bond acceptors (Lipinski definition) is 5. The maximum atomic E-state index is 9.73. The Morgan fingerprint density at radius 1 is 1.27 bits per heavy atom. The van der Waals surface area contributed by atoms with E-state index < -0.39 is 24.4 Å². The number of aliphatic hydroxyl groups is 2. The third-order valence-electron chi connectivity index (χ3n) is 2.81. The van der Waals surface area contributed by atoms with Gasteiger partial charge in [-0.3, -0.25) is 0 Å². The Labute approximate surface area is 90.2 Å². The van der Waals surface area contributed by atoms with Crippen molar-refractivity contribution in [1.82, 2.24) is 0 Å². The SMILES string of the molecule is CCC[C@H]1O[C@H](COC)[C@H](O)[C@H](O)[C@H]1N. The first kappa shape index (κ1) is 12.9. The monoisotopic (exact) mass is 219 g/mol. The standard InChI is InChI=1S/C10H21NO4/c1-3-4-6-8(11)10(13)9(12)7(15-6)5-14-2/h6-10,12-13H,3-5,11H2,1-2H3/t6-,7-,8+,9+,10-/m1/s1. The number of nitrogens with two attached hydrogens (primary N) is 1. The van der Waals surface area contributed by atoms with Crippen molar-refractivity contribution in [2.75, 3.05) is 13.7 Å². The van der Waals surface area contributed by atoms with Gasteiger partial charge < -0.3 is 25.4 Å². The van der Waals surface area contributed by atoms with Gasteiger partial charge in [0.25, 0.3) is 0 Å². The maximum Gasteiger partial charge on any atom is 0.110 e. The Morgan fingerprint density at radius 3 is 2.47 bits per heavy atom. The molecule has 0 unspecified atom stereocenters. The average Bonchev–Trinajstić information content (AvgIpc) is 2.22. The van der Waals surface area contributed by atoms with Crippen molar-refractivity contribution in [3.8, 4) is 0 Å². The molecule has 0 saturated carbocycles. The smallest absolute Gasteiger partial charge is 0.110 e. The van der Waals surface area contributed by atoms with Crippen LogP contribution in [0.1, 0.15) is 19.8 Å². The minimum atomic E-state index is -0.965. The molecule has 0 aromatic carbocycles. The number of methoxy groups -OCH3 is 1. The van der Waals surface area contributed by atoms with Crippen molar-refractivity contribution in [1.29, 1.82) is 0 Å². The third-order valence-corrected chi connectivity index (χ3v) is 2.81. The Balaban J connectivity index is 2.62. The summed E-state index contributed by atoms with van der Waals surface area (Å²) in [6.45, 7) is 2.30. The minimum Gasteiger partial charge on any atom is -0.389 e. The summed E-state index contributed by atoms with van der Waals surface area (Å²) in [6.07, 6.45) is -0.870. The first-order chi connectivity index (χ1) is 7.11. The van der Waals surface area contributed by atoms with Gasteiger partial charge in [0.15, 0.2) is 0 Å². The molecule has 5 nitrogen and oxygen atoms in total. The molecule has 1 rings (SSSR count). The van der Waals surface area contributed by atoms with Gasteiger partial charge >= 0.3 is 0 Å². The van der Waals surface area contributed by atoms with E-state index in [-0.39, 0.29) is 12.7 Å². The average molecular weight is 219 g/mol. The van der Waals surface area contributed by atoms with Crippen molar-refractivity contribution in [2.24, 2.45) is 5.73 Å². The molecule has 15 heavy (non-hydrogen) atoms. The zero-order valence-electron chi connectivity index (χ0n) is 9.30. The third kappa shape index (κ3) is 2.89. The molecule has 0 amide bonds. The normalized spacial score (nSPS) is 41.8. The van der Waals surface area contributed by atoms with Crippen LogP contribution in [0.15, 0.2) is 0 Å². The molecular formula is C10H21NO4. The van der Waals surface area contributed by atoms with Crippen LogP contribution in [0.25, 0.3) is 0 Å². The highest BCUT2D eigenvalue weighted by Crippen LogP contribution is 2.22. The molecule has 5 heteroatoms. The minimum absolute atomic E-state index is 0.200. The lowest BCUT2D eigenvalue weighted by Gasteiger charge is -2.41. The molecule has 1 aliphatic heterocycles. The highest BCUT2D eigenvalue weighted by molar-refractivity contribution is 4.94. The van der Waals surface area contributed by atoms with Crippen molar-refractivity contribution in [2.45, 2.75) is 50.2 Å². The van der Waals surface area contributed by atoms with Crippen LogP contribution in [0.4, 0.5) is 0 Å². The molecule has 0 radical (unpaired) electrons. The van der Waals surface area contributed by atoms with Gasteiger partial charge in [-0.25, -0.2) is 0 Å². The van der Waals surface area contributed by atoms with Crippen molar-refractivity contribution in [3.05, 3.63) is 0 Å². The first-order valence-electron chi connectivity index (χ1n) is 5.37. The molecule has 1 fully saturated rings. The van der Waals surface area contributed by atoms with E-state index in [0.29, 0.717) is 0 Å². The second kappa shape index (κ2) is 5.77. The number of hydrogen-bond donors (Lipinski definition) is 3. The predicted octanol–water partition coefficient (Wildman–Crippen LogP) is -0.751. The van der Waals surface area contributed by atoms with Gasteiger partial charge in [-0.15, -0.1) is 0 Å². The summed E-state index contributed by atoms with van der Waals surface area (Å²) in [5.41, 5.74) is 5.78. The fourth-order valence-corrected chi connectivity index (χ4v) is 1.91. The van der Waals surface area contributed by atoms with Crippen LogP contribution in [0.2, 0.25) is 0 Å². The van der Waals surface area contributed by atoms with Gasteiger partial charge in [0.05, 0.1) is 18.8 Å². The van der Waals surface area contributed by atoms with Crippen LogP contribution in [-0.2, 0) is 9.47 Å². The molecular weight excluding hydrogens is 198 g/mol. The van der Waals surface area contributed by atoms with E-state index >= 15 is 0 Å². The number of rotatable bonds is 4. The highest BCUT2D eigenvalue weighted by atomic mass is 16.6. The molecule has 1 heterocycles. The summed E-state index contributed by atoms with van der Waals surface area (Å²) in [7, 11) is 1.53. The van der Waals surface area contributed by atoms with Gasteiger partial charge in [0, 0.05) is 7.11 Å². The zero-order valence-corrected chi connectivity index (χ0v) is 9.30. The first-order valence-corrected chi connectivity index (χ1v) is 5.37. The van der Waals surface area contributed by atoms with Gasteiger partial charge in [-0.05, 0) is 6.42 Å². The van der Waals surface area contributed by atoms with Gasteiger partial charge in [-0.2, -0.15) is 0 Å². The number of ether oxygens (including phenoxy) is 2. The molecule has 0 aliphatic carbocycles. The van der Waals surface area contributed by atoms with E-state index in [4.69, 9.17) is 15.2 Å². The summed E-state index contributed by atoms with van der Waals surface area (Å²) in [5, 5.41) is 19.4. The van der Waals surface area contributed by atoms with E-state index in [1.54, 1.807) is 0 Å². The van der Waals surface area contributed by atoms with Crippen LogP contribution in [0, 0.1) is 0 Å². The summed E-state index contributed by atoms with van der Waals surface area (Å²) in [5.74, 6) is 0. The van der Waals surface area contributed by atoms with Crippen LogP contribution >= 0.6 is 0 Å². The summed E-state index contributed by atoms with van der Waals surface area (Å²) in [4.78, 5) is 0. The van der Waals surface area contributed by atoms with Crippen molar-refractivity contribution in [3.63, 3.8) is 0 Å². The van der Waals surface area contributed by atoms with E-state index in [1.807, 2.05) is 6.92 Å². The Kier molecular flexibility index (Phi) is 4.95. The molecule has 0 aromatic heterocycles. The van der Waals surface area contributed by atoms with Crippen molar-refractivity contribution < 1.29 is 19.7 Å². The molecule has 4 N–H and O–H groups in total. The topological polar surface area (TPSA) is 84.9 Å². The molecule has 1 saturated heterocycles. The quantitative estimate of drug-likeness (QED) is 0.579. The molecule has 0 bridgehead atoms. The highest BCUT2D eigenvalue weighted by Gasteiger charge is 2.41. The zero-order chi connectivity index (χ0) is 11.4. The molecule has 0 aromatic rings. The van der Waals surface area contributed by atoms with Crippen LogP contribution in [0.3, 0.4) is 0 Å². The van der Waals surface area contributed by atoms with Crippen LogP contribution < -0.4 is 5.73 Å². The lowest BCUT2D eigenvalue weighted by Crippen LogP contribution is -2.61. The Morgan fingerprint density at radius 2 is 1.93 bits per heavy atom. The molecule has 5 atom stereocenters. The summed E-state index contributed by atoms with van der Waals surface area (Å²) in [6, 6.07) is -0.520. The van der Waals surface area contributed by atoms with E-state index in [0.717, 1.165) is 12.8 Å². The van der Waals surface area contributed by atoms with Crippen molar-refractivity contribution >= 4 is 0 Å². The Hall–Kier alpha value is -0.200. The second-order valence-electron chi connectivity index (χ2n) is 4.02. The maximum absolute atomic E-state index is 9.73. The van der Waals surface area contributed by atoms with Crippen LogP contribution in [0.5, 0.6) is 0 Å². The molecule has 0 spiro atoms. The van der Waals surface area contributed by atoms with E-state index in [1.165, 1.54) is 7.11 Å². The second-order valence-corrected chi connectivity index (χ2v) is 4.02. The van der Waals surface area contributed by atoms with Gasteiger partial charge in [0.2, 0.25) is 0 Å². The largest absolute Gasteiger partial charge is 0.389 e. The van der Waals surface area contributed by atoms with Gasteiger partial charge in [0.1, 0.15) is 18.3 Å². The lowest BCUT2D eigenvalue weighted by atomic mass is 9.91. The fraction of sp³-hybridized carbons (Fsp3) is 1.00. The fourth-order valence-electron chi connectivity index (χ4n) is 1.91. The molecule has 1 aliphatic rings. The lowest BCUT2D eigenvalue weighted by molar-refractivity contribution is -0.192. The van der Waals surface area contributed by atoms with Crippen LogP contribution in [-0.4, -0.2) is 54.4 Å². The van der Waals surface area contributed by atoms with E-state index in [9.17, 15) is 10.2 Å². The predicted molar refractivity (Wildman–Crippen MR) is 55.4 cm³/mol. The molecule has 90 valence electrons. The Bertz CT molecular complexity index is 172.